The fourth-order valence-corrected chi connectivity index (χ4v) is 3.25. The first-order valence-corrected chi connectivity index (χ1v) is 9.44. The summed E-state index contributed by atoms with van der Waals surface area (Å²) < 4.78 is 83.8. The number of nitrogens with zero attached hydrogens (tertiary/aromatic N) is 2. The number of amides is 1. The van der Waals surface area contributed by atoms with E-state index in [1.54, 1.807) is 0 Å². The molecule has 0 bridgehead atoms. The number of rotatable bonds is 9. The molecule has 2 atom stereocenters. The topological polar surface area (TPSA) is 94.2 Å². The van der Waals surface area contributed by atoms with Crippen LogP contribution in [0.1, 0.15) is 31.7 Å². The molecule has 1 aliphatic rings. The SMILES string of the molecule is [CH-]=C(NCC(F)(F)F)C(COC)n1cc(NC(=O)C(N)C2CCC(F)(F)CC2)c(F)n1.[K+]. The minimum atomic E-state index is -4.53. The number of nitrogens with one attached hydrogen (secondary N) is 2. The van der Waals surface area contributed by atoms with Crippen LogP contribution in [0.4, 0.5) is 32.0 Å². The smallest absolute Gasteiger partial charge is 0.491 e. The van der Waals surface area contributed by atoms with Crippen LogP contribution in [-0.2, 0) is 9.53 Å². The van der Waals surface area contributed by atoms with Gasteiger partial charge in [-0.25, -0.2) is 8.78 Å². The van der Waals surface area contributed by atoms with Gasteiger partial charge in [0.2, 0.25) is 11.8 Å². The van der Waals surface area contributed by atoms with E-state index in [9.17, 15) is 31.1 Å². The predicted molar refractivity (Wildman–Crippen MR) is 98.5 cm³/mol. The molecule has 0 saturated heterocycles. The Labute approximate surface area is 223 Å². The van der Waals surface area contributed by atoms with E-state index in [0.29, 0.717) is 0 Å². The van der Waals surface area contributed by atoms with Crippen LogP contribution in [0.2, 0.25) is 0 Å². The molecule has 1 heterocycles. The Morgan fingerprint density at radius 3 is 2.53 bits per heavy atom. The average molecular weight is 496 g/mol. The van der Waals surface area contributed by atoms with Crippen LogP contribution in [0.25, 0.3) is 0 Å². The van der Waals surface area contributed by atoms with E-state index in [-0.39, 0.29) is 95.1 Å². The molecule has 4 N–H and O–H groups in total. The number of nitrogens with two attached hydrogens (primary N) is 1. The van der Waals surface area contributed by atoms with Crippen LogP contribution in [-0.4, -0.2) is 54.1 Å². The van der Waals surface area contributed by atoms with Crippen molar-refractivity contribution in [3.8, 4) is 0 Å². The van der Waals surface area contributed by atoms with Crippen LogP contribution >= 0.6 is 0 Å². The normalized spacial score (nSPS) is 18.4. The Balaban J connectivity index is 0.00000512. The molecule has 2 unspecified atom stereocenters. The average Bonchev–Trinajstić information content (AvgIpc) is 3.03. The standard InChI is InChI=1S/C18H24F6N5O2.K/c1-10(26-9-18(22,23)24)13(8-31-2)29-7-12(15(19)28-29)27-16(30)14(25)11-3-5-17(20,21)6-4-11;/h1,7,11,13-14,26H,3-6,8-9,25H2,2H3,(H,27,30);/q-1;+1. The van der Waals surface area contributed by atoms with Crippen molar-refractivity contribution in [2.75, 3.05) is 25.6 Å². The maximum atomic E-state index is 14.2. The van der Waals surface area contributed by atoms with Crippen molar-refractivity contribution >= 4 is 11.6 Å². The summed E-state index contributed by atoms with van der Waals surface area (Å²) in [5, 5.41) is 7.75. The van der Waals surface area contributed by atoms with Gasteiger partial charge in [0.1, 0.15) is 12.2 Å². The van der Waals surface area contributed by atoms with Crippen molar-refractivity contribution in [1.82, 2.24) is 15.1 Å². The van der Waals surface area contributed by atoms with Crippen molar-refractivity contribution in [3.05, 3.63) is 24.4 Å². The molecule has 32 heavy (non-hydrogen) atoms. The van der Waals surface area contributed by atoms with E-state index in [1.807, 2.05) is 5.32 Å². The summed E-state index contributed by atoms with van der Waals surface area (Å²) in [7, 11) is 1.26. The van der Waals surface area contributed by atoms with Gasteiger partial charge in [0.05, 0.1) is 24.9 Å². The molecule has 1 aromatic rings. The van der Waals surface area contributed by atoms with Gasteiger partial charge in [-0.3, -0.25) is 9.48 Å². The van der Waals surface area contributed by atoms with Gasteiger partial charge < -0.3 is 27.7 Å². The summed E-state index contributed by atoms with van der Waals surface area (Å²) in [5.74, 6) is -5.19. The van der Waals surface area contributed by atoms with E-state index in [1.165, 1.54) is 7.11 Å². The monoisotopic (exact) mass is 495 g/mol. The van der Waals surface area contributed by atoms with Crippen LogP contribution < -0.4 is 67.8 Å². The number of alkyl halides is 5. The minimum absolute atomic E-state index is 0. The summed E-state index contributed by atoms with van der Waals surface area (Å²) in [6.07, 6.45) is -4.17. The second kappa shape index (κ2) is 12.2. The third-order valence-electron chi connectivity index (χ3n) is 5.01. The molecule has 1 aliphatic carbocycles. The van der Waals surface area contributed by atoms with Crippen molar-refractivity contribution in [2.24, 2.45) is 11.7 Å². The van der Waals surface area contributed by atoms with Gasteiger partial charge in [-0.05, 0) is 18.8 Å². The number of hydrogen-bond acceptors (Lipinski definition) is 5. The first-order chi connectivity index (χ1) is 14.3. The maximum Gasteiger partial charge on any atom is 1.00 e. The third-order valence-corrected chi connectivity index (χ3v) is 5.01. The predicted octanol–water partition coefficient (Wildman–Crippen LogP) is -0.226. The molecule has 1 amide bonds. The third kappa shape index (κ3) is 8.61. The Bertz CT molecular complexity index is 778. The molecule has 0 radical (unpaired) electrons. The van der Waals surface area contributed by atoms with Crippen molar-refractivity contribution in [2.45, 2.75) is 49.9 Å². The van der Waals surface area contributed by atoms with E-state index in [2.05, 4.69) is 10.4 Å². The number of anilines is 1. The van der Waals surface area contributed by atoms with E-state index >= 15 is 0 Å². The van der Waals surface area contributed by atoms with Crippen LogP contribution in [0, 0.1) is 18.4 Å². The molecule has 1 fully saturated rings. The first-order valence-electron chi connectivity index (χ1n) is 9.44. The zero-order chi connectivity index (χ0) is 23.4. The number of halogens is 6. The van der Waals surface area contributed by atoms with E-state index in [4.69, 9.17) is 17.0 Å². The summed E-state index contributed by atoms with van der Waals surface area (Å²) in [6.45, 7) is 4.00. The van der Waals surface area contributed by atoms with Gasteiger partial charge in [0.25, 0.3) is 5.95 Å². The molecule has 7 nitrogen and oxygen atoms in total. The zero-order valence-corrected chi connectivity index (χ0v) is 20.8. The molecule has 1 saturated carbocycles. The number of ether oxygens (including phenoxy) is 1. The summed E-state index contributed by atoms with van der Waals surface area (Å²) in [4.78, 5) is 12.4. The zero-order valence-electron chi connectivity index (χ0n) is 17.7. The van der Waals surface area contributed by atoms with E-state index in [0.717, 1.165) is 10.9 Å². The molecule has 0 aromatic carbocycles. The molecule has 1 aromatic heterocycles. The maximum absolute atomic E-state index is 14.2. The van der Waals surface area contributed by atoms with Gasteiger partial charge in [0, 0.05) is 20.0 Å². The number of methoxy groups -OCH3 is 1. The Kier molecular flexibility index (Phi) is 11.2. The Morgan fingerprint density at radius 2 is 2.00 bits per heavy atom. The molecular weight excluding hydrogens is 471 g/mol. The fourth-order valence-electron chi connectivity index (χ4n) is 3.25. The van der Waals surface area contributed by atoms with Gasteiger partial charge in [0.15, 0.2) is 0 Å². The molecule has 0 aliphatic heterocycles. The molecule has 176 valence electrons. The first kappa shape index (κ1) is 29.4. The van der Waals surface area contributed by atoms with Crippen molar-refractivity contribution in [3.63, 3.8) is 0 Å². The molecular formula is C18H24F6KN5O2. The minimum Gasteiger partial charge on any atom is -0.491 e. The number of carbonyl (C=O) groups excluding carboxylic acids is 1. The van der Waals surface area contributed by atoms with Gasteiger partial charge in [-0.1, -0.05) is 0 Å². The Hall–Kier alpha value is -0.644. The van der Waals surface area contributed by atoms with Crippen molar-refractivity contribution in [1.29, 1.82) is 0 Å². The van der Waals surface area contributed by atoms with Gasteiger partial charge >= 0.3 is 57.6 Å². The second-order valence-corrected chi connectivity index (χ2v) is 7.42. The van der Waals surface area contributed by atoms with E-state index < -0.39 is 48.5 Å². The molecule has 14 heteroatoms. The van der Waals surface area contributed by atoms with Gasteiger partial charge in [-0.15, -0.1) is 10.8 Å². The van der Waals surface area contributed by atoms with Crippen LogP contribution in [0.5, 0.6) is 0 Å². The number of aromatic nitrogens is 2. The van der Waals surface area contributed by atoms with Gasteiger partial charge in [-0.2, -0.15) is 17.6 Å². The summed E-state index contributed by atoms with van der Waals surface area (Å²) in [5.41, 5.74) is 5.10. The molecule has 2 rings (SSSR count). The quantitative estimate of drug-likeness (QED) is 0.250. The second-order valence-electron chi connectivity index (χ2n) is 7.42. The summed E-state index contributed by atoms with van der Waals surface area (Å²) in [6, 6.07) is -2.25. The number of hydrogen-bond donors (Lipinski definition) is 3. The van der Waals surface area contributed by atoms with Crippen LogP contribution in [0.15, 0.2) is 11.9 Å². The Morgan fingerprint density at radius 1 is 1.41 bits per heavy atom. The van der Waals surface area contributed by atoms with Crippen molar-refractivity contribution < 1.29 is 87.3 Å². The number of carbonyl (C=O) groups is 1. The largest absolute Gasteiger partial charge is 1.00 e. The summed E-state index contributed by atoms with van der Waals surface area (Å²) >= 11 is 0. The van der Waals surface area contributed by atoms with Crippen LogP contribution in [0.3, 0.4) is 0 Å². The fraction of sp³-hybridized carbons (Fsp3) is 0.667. The molecule has 0 spiro atoms.